The zero-order valence-electron chi connectivity index (χ0n) is 14.0. The summed E-state index contributed by atoms with van der Waals surface area (Å²) in [7, 11) is 0. The maximum Gasteiger partial charge on any atom is 0.240 e. The zero-order chi connectivity index (χ0) is 18.5. The van der Waals surface area contributed by atoms with Gasteiger partial charge in [-0.15, -0.1) is 11.3 Å². The first-order valence-corrected chi connectivity index (χ1v) is 9.28. The van der Waals surface area contributed by atoms with Crippen molar-refractivity contribution in [1.29, 1.82) is 0 Å². The number of amides is 1. The summed E-state index contributed by atoms with van der Waals surface area (Å²) in [6.07, 6.45) is 0. The van der Waals surface area contributed by atoms with Crippen LogP contribution in [0.15, 0.2) is 53.9 Å². The Hall–Kier alpha value is -2.28. The van der Waals surface area contributed by atoms with Gasteiger partial charge in [-0.25, -0.2) is 9.37 Å². The number of anilines is 1. The summed E-state index contributed by atoms with van der Waals surface area (Å²) in [6, 6.07) is 13.5. The molecule has 0 aliphatic rings. The van der Waals surface area contributed by atoms with Gasteiger partial charge in [-0.1, -0.05) is 29.8 Å². The molecule has 3 aromatic rings. The fraction of sp³-hybridized carbons (Fsp3) is 0.158. The highest BCUT2D eigenvalue weighted by Gasteiger charge is 2.12. The van der Waals surface area contributed by atoms with E-state index in [1.165, 1.54) is 23.5 Å². The summed E-state index contributed by atoms with van der Waals surface area (Å²) in [6.45, 7) is 2.09. The summed E-state index contributed by atoms with van der Waals surface area (Å²) >= 11 is 7.49. The second kappa shape index (κ2) is 8.40. The molecule has 0 aliphatic heterocycles. The van der Waals surface area contributed by atoms with Crippen LogP contribution in [-0.2, 0) is 4.79 Å². The minimum atomic E-state index is -0.295. The van der Waals surface area contributed by atoms with Crippen LogP contribution < -0.4 is 10.6 Å². The molecule has 0 radical (unpaired) electrons. The highest BCUT2D eigenvalue weighted by Crippen LogP contribution is 2.25. The largest absolute Gasteiger partial charge is 0.302 e. The number of nitrogens with one attached hydrogen (secondary N) is 2. The van der Waals surface area contributed by atoms with Crippen LogP contribution in [0, 0.1) is 5.82 Å². The average Bonchev–Trinajstić information content (AvgIpc) is 3.09. The van der Waals surface area contributed by atoms with E-state index >= 15 is 0 Å². The number of halogens is 2. The predicted molar refractivity (Wildman–Crippen MR) is 104 cm³/mol. The van der Waals surface area contributed by atoms with Crippen molar-refractivity contribution in [2.24, 2.45) is 0 Å². The number of hydrogen-bond acceptors (Lipinski definition) is 4. The van der Waals surface area contributed by atoms with Gasteiger partial charge in [0.05, 0.1) is 12.2 Å². The number of hydrogen-bond donors (Lipinski definition) is 2. The number of aromatic nitrogens is 1. The summed E-state index contributed by atoms with van der Waals surface area (Å²) in [5.74, 6) is -0.486. The minimum Gasteiger partial charge on any atom is -0.302 e. The molecule has 1 heterocycles. The van der Waals surface area contributed by atoms with Crippen LogP contribution >= 0.6 is 22.9 Å². The first kappa shape index (κ1) is 18.5. The molecule has 0 fully saturated rings. The quantitative estimate of drug-likeness (QED) is 0.631. The van der Waals surface area contributed by atoms with E-state index in [4.69, 9.17) is 11.6 Å². The van der Waals surface area contributed by atoms with Crippen molar-refractivity contribution < 1.29 is 9.18 Å². The van der Waals surface area contributed by atoms with Crippen molar-refractivity contribution in [2.75, 3.05) is 11.9 Å². The maximum atomic E-state index is 13.0. The lowest BCUT2D eigenvalue weighted by Gasteiger charge is -2.15. The van der Waals surface area contributed by atoms with Crippen molar-refractivity contribution in [3.63, 3.8) is 0 Å². The Morgan fingerprint density at radius 3 is 2.69 bits per heavy atom. The zero-order valence-corrected chi connectivity index (χ0v) is 15.6. The highest BCUT2D eigenvalue weighted by molar-refractivity contribution is 7.14. The predicted octanol–water partition coefficient (Wildman–Crippen LogP) is 4.89. The molecule has 1 aromatic heterocycles. The summed E-state index contributed by atoms with van der Waals surface area (Å²) < 4.78 is 13.0. The van der Waals surface area contributed by atoms with Gasteiger partial charge in [-0.05, 0) is 42.8 Å². The van der Waals surface area contributed by atoms with E-state index in [1.54, 1.807) is 12.1 Å². The molecule has 26 heavy (non-hydrogen) atoms. The number of carbonyl (C=O) groups is 1. The Labute approximate surface area is 160 Å². The Morgan fingerprint density at radius 2 is 1.96 bits per heavy atom. The van der Waals surface area contributed by atoms with Crippen LogP contribution in [0.25, 0.3) is 11.3 Å². The number of nitrogens with zero attached hydrogens (tertiary/aromatic N) is 1. The lowest BCUT2D eigenvalue weighted by atomic mass is 10.1. The smallest absolute Gasteiger partial charge is 0.240 e. The Balaban J connectivity index is 1.55. The van der Waals surface area contributed by atoms with E-state index in [2.05, 4.69) is 15.6 Å². The molecule has 7 heteroatoms. The van der Waals surface area contributed by atoms with Gasteiger partial charge in [0.1, 0.15) is 5.82 Å². The third kappa shape index (κ3) is 4.66. The van der Waals surface area contributed by atoms with Crippen LogP contribution in [0.2, 0.25) is 5.02 Å². The molecule has 0 saturated carbocycles. The minimum absolute atomic E-state index is 0.0551. The fourth-order valence-electron chi connectivity index (χ4n) is 2.43. The van der Waals surface area contributed by atoms with Crippen molar-refractivity contribution in [3.05, 3.63) is 70.3 Å². The molecule has 1 amide bonds. The van der Waals surface area contributed by atoms with E-state index in [0.29, 0.717) is 15.8 Å². The first-order chi connectivity index (χ1) is 12.5. The van der Waals surface area contributed by atoms with Gasteiger partial charge in [0.25, 0.3) is 0 Å². The van der Waals surface area contributed by atoms with Crippen LogP contribution in [0.4, 0.5) is 9.52 Å². The SMILES string of the molecule is C[C@@H](NCC(=O)Nc1nc(-c2ccc(F)cc2)cs1)c1ccccc1Cl. The maximum absolute atomic E-state index is 13.0. The molecule has 0 saturated heterocycles. The molecule has 134 valence electrons. The molecule has 1 atom stereocenters. The molecule has 0 spiro atoms. The standard InChI is InChI=1S/C19H17ClFN3OS/c1-12(15-4-2-3-5-16(15)20)22-10-18(25)24-19-23-17(11-26-19)13-6-8-14(21)9-7-13/h2-9,11-12,22H,10H2,1H3,(H,23,24,25)/t12-/m1/s1. The lowest BCUT2D eigenvalue weighted by Crippen LogP contribution is -2.30. The lowest BCUT2D eigenvalue weighted by molar-refractivity contribution is -0.115. The number of thiazole rings is 1. The van der Waals surface area contributed by atoms with E-state index in [-0.39, 0.29) is 24.3 Å². The Kier molecular flexibility index (Phi) is 5.98. The molecule has 2 aromatic carbocycles. The van der Waals surface area contributed by atoms with Gasteiger partial charge in [0, 0.05) is 22.0 Å². The van der Waals surface area contributed by atoms with Crippen molar-refractivity contribution in [2.45, 2.75) is 13.0 Å². The van der Waals surface area contributed by atoms with Gasteiger partial charge in [0.2, 0.25) is 5.91 Å². The first-order valence-electron chi connectivity index (χ1n) is 8.02. The summed E-state index contributed by atoms with van der Waals surface area (Å²) in [5.41, 5.74) is 2.44. The molecular weight excluding hydrogens is 373 g/mol. The van der Waals surface area contributed by atoms with Crippen molar-refractivity contribution in [1.82, 2.24) is 10.3 Å². The molecule has 0 unspecified atom stereocenters. The van der Waals surface area contributed by atoms with E-state index in [1.807, 2.05) is 36.6 Å². The van der Waals surface area contributed by atoms with Crippen molar-refractivity contribution in [3.8, 4) is 11.3 Å². The fourth-order valence-corrected chi connectivity index (χ4v) is 3.47. The third-order valence-electron chi connectivity index (χ3n) is 3.83. The van der Waals surface area contributed by atoms with Crippen LogP contribution in [0.3, 0.4) is 0 Å². The Bertz CT molecular complexity index is 898. The van der Waals surface area contributed by atoms with Crippen molar-refractivity contribution >= 4 is 34.0 Å². The molecule has 2 N–H and O–H groups in total. The average molecular weight is 390 g/mol. The van der Waals surface area contributed by atoms with Gasteiger partial charge >= 0.3 is 0 Å². The van der Waals surface area contributed by atoms with E-state index in [0.717, 1.165) is 11.1 Å². The highest BCUT2D eigenvalue weighted by atomic mass is 35.5. The van der Waals surface area contributed by atoms with Crippen LogP contribution in [0.1, 0.15) is 18.5 Å². The van der Waals surface area contributed by atoms with Gasteiger partial charge in [-0.3, -0.25) is 4.79 Å². The second-order valence-corrected chi connectivity index (χ2v) is 6.98. The third-order valence-corrected chi connectivity index (χ3v) is 4.93. The van der Waals surface area contributed by atoms with Crippen LogP contribution in [-0.4, -0.2) is 17.4 Å². The molecule has 0 bridgehead atoms. The summed E-state index contributed by atoms with van der Waals surface area (Å²) in [5, 5.41) is 8.89. The molecule has 3 rings (SSSR count). The Morgan fingerprint density at radius 1 is 1.23 bits per heavy atom. The van der Waals surface area contributed by atoms with E-state index < -0.39 is 0 Å². The van der Waals surface area contributed by atoms with E-state index in [9.17, 15) is 9.18 Å². The number of carbonyl (C=O) groups excluding carboxylic acids is 1. The van der Waals surface area contributed by atoms with Crippen LogP contribution in [0.5, 0.6) is 0 Å². The topological polar surface area (TPSA) is 54.0 Å². The van der Waals surface area contributed by atoms with Gasteiger partial charge < -0.3 is 10.6 Å². The van der Waals surface area contributed by atoms with Gasteiger partial charge in [-0.2, -0.15) is 0 Å². The molecule has 4 nitrogen and oxygen atoms in total. The second-order valence-electron chi connectivity index (χ2n) is 5.72. The number of benzene rings is 2. The number of rotatable bonds is 6. The molecule has 0 aliphatic carbocycles. The van der Waals surface area contributed by atoms with Gasteiger partial charge in [0.15, 0.2) is 5.13 Å². The monoisotopic (exact) mass is 389 g/mol. The summed E-state index contributed by atoms with van der Waals surface area (Å²) in [4.78, 5) is 16.5. The normalized spacial score (nSPS) is 12.0. The molecular formula is C19H17ClFN3OS.